The van der Waals surface area contributed by atoms with E-state index in [1.807, 2.05) is 18.4 Å². The number of nitrogens with zero attached hydrogens (tertiary/aromatic N) is 1. The molecule has 0 aromatic carbocycles. The summed E-state index contributed by atoms with van der Waals surface area (Å²) in [6, 6.07) is 1.57. The minimum Gasteiger partial charge on any atom is -0.349 e. The zero-order chi connectivity index (χ0) is 14.6. The van der Waals surface area contributed by atoms with Crippen LogP contribution in [-0.2, 0) is 23.1 Å². The Morgan fingerprint density at radius 2 is 2.00 bits per heavy atom. The van der Waals surface area contributed by atoms with Crippen molar-refractivity contribution in [1.82, 2.24) is 9.29 Å². The SMILES string of the molecule is CCn1cc(S(=O)(=O)NC(C)CC(C)C)cc1CN. The zero-order valence-electron chi connectivity index (χ0n) is 12.2. The van der Waals surface area contributed by atoms with E-state index in [1.165, 1.54) is 0 Å². The van der Waals surface area contributed by atoms with E-state index in [4.69, 9.17) is 5.73 Å². The first-order valence-electron chi connectivity index (χ1n) is 6.71. The Bertz CT molecular complexity index is 484. The van der Waals surface area contributed by atoms with E-state index in [9.17, 15) is 8.42 Å². The Morgan fingerprint density at radius 3 is 2.42 bits per heavy atom. The normalized spacial score (nSPS) is 14.0. The quantitative estimate of drug-likeness (QED) is 0.801. The fourth-order valence-electron chi connectivity index (χ4n) is 2.23. The topological polar surface area (TPSA) is 77.1 Å². The van der Waals surface area contributed by atoms with Crippen LogP contribution >= 0.6 is 0 Å². The maximum atomic E-state index is 12.3. The molecule has 0 fully saturated rings. The molecule has 0 saturated heterocycles. The number of hydrogen-bond donors (Lipinski definition) is 2. The van der Waals surface area contributed by atoms with Crippen molar-refractivity contribution in [2.45, 2.75) is 58.1 Å². The van der Waals surface area contributed by atoms with E-state index in [0.717, 1.165) is 12.1 Å². The van der Waals surface area contributed by atoms with Crippen LogP contribution in [0.3, 0.4) is 0 Å². The van der Waals surface area contributed by atoms with E-state index in [1.54, 1.807) is 12.3 Å². The largest absolute Gasteiger partial charge is 0.349 e. The molecule has 110 valence electrons. The minimum absolute atomic E-state index is 0.0729. The lowest BCUT2D eigenvalue weighted by molar-refractivity contribution is 0.482. The van der Waals surface area contributed by atoms with Crippen molar-refractivity contribution in [3.05, 3.63) is 18.0 Å². The first-order chi connectivity index (χ1) is 8.80. The summed E-state index contributed by atoms with van der Waals surface area (Å²) < 4.78 is 29.1. The number of nitrogens with one attached hydrogen (secondary N) is 1. The third-order valence-corrected chi connectivity index (χ3v) is 4.56. The predicted molar refractivity (Wildman–Crippen MR) is 77.2 cm³/mol. The van der Waals surface area contributed by atoms with E-state index in [2.05, 4.69) is 18.6 Å². The average Bonchev–Trinajstić information content (AvgIpc) is 2.70. The molecular formula is C13H25N3O2S. The van der Waals surface area contributed by atoms with Crippen LogP contribution in [0.25, 0.3) is 0 Å². The third kappa shape index (κ3) is 4.33. The maximum absolute atomic E-state index is 12.3. The van der Waals surface area contributed by atoms with Gasteiger partial charge in [-0.15, -0.1) is 0 Å². The zero-order valence-corrected chi connectivity index (χ0v) is 13.0. The second-order valence-corrected chi connectivity index (χ2v) is 7.02. The summed E-state index contributed by atoms with van der Waals surface area (Å²) in [5, 5.41) is 0. The van der Waals surface area contributed by atoms with Gasteiger partial charge in [-0.2, -0.15) is 0 Å². The Labute approximate surface area is 116 Å². The molecule has 0 radical (unpaired) electrons. The smallest absolute Gasteiger partial charge is 0.242 e. The van der Waals surface area contributed by atoms with Gasteiger partial charge in [0.1, 0.15) is 0 Å². The fourth-order valence-corrected chi connectivity index (χ4v) is 3.55. The second kappa shape index (κ2) is 6.54. The lowest BCUT2D eigenvalue weighted by Crippen LogP contribution is -2.33. The monoisotopic (exact) mass is 287 g/mol. The van der Waals surface area contributed by atoms with Gasteiger partial charge >= 0.3 is 0 Å². The Balaban J connectivity index is 2.91. The first kappa shape index (κ1) is 16.2. The Morgan fingerprint density at radius 1 is 1.37 bits per heavy atom. The standard InChI is InChI=1S/C13H25N3O2S/c1-5-16-9-13(7-12(16)8-14)19(17,18)15-11(4)6-10(2)3/h7,9-11,15H,5-6,8,14H2,1-4H3. The number of sulfonamides is 1. The summed E-state index contributed by atoms with van der Waals surface area (Å²) in [5.41, 5.74) is 6.45. The van der Waals surface area contributed by atoms with Crippen LogP contribution in [-0.4, -0.2) is 19.0 Å². The van der Waals surface area contributed by atoms with Crippen molar-refractivity contribution in [2.75, 3.05) is 0 Å². The van der Waals surface area contributed by atoms with Crippen LogP contribution in [0.15, 0.2) is 17.2 Å². The van der Waals surface area contributed by atoms with Crippen molar-refractivity contribution in [3.63, 3.8) is 0 Å². The lowest BCUT2D eigenvalue weighted by Gasteiger charge is -2.15. The molecule has 1 rings (SSSR count). The summed E-state index contributed by atoms with van der Waals surface area (Å²) in [7, 11) is -3.45. The molecule has 0 bridgehead atoms. The van der Waals surface area contributed by atoms with Crippen LogP contribution < -0.4 is 10.5 Å². The molecule has 0 spiro atoms. The molecular weight excluding hydrogens is 262 g/mol. The van der Waals surface area contributed by atoms with Crippen LogP contribution in [0.5, 0.6) is 0 Å². The highest BCUT2D eigenvalue weighted by Gasteiger charge is 2.20. The summed E-state index contributed by atoms with van der Waals surface area (Å²) in [6.07, 6.45) is 2.46. The van der Waals surface area contributed by atoms with Crippen molar-refractivity contribution in [3.8, 4) is 0 Å². The van der Waals surface area contributed by atoms with Gasteiger partial charge in [-0.25, -0.2) is 13.1 Å². The molecule has 3 N–H and O–H groups in total. The lowest BCUT2D eigenvalue weighted by atomic mass is 10.1. The highest BCUT2D eigenvalue weighted by atomic mass is 32.2. The highest BCUT2D eigenvalue weighted by molar-refractivity contribution is 7.89. The Kier molecular flexibility index (Phi) is 5.58. The highest BCUT2D eigenvalue weighted by Crippen LogP contribution is 2.16. The van der Waals surface area contributed by atoms with Crippen LogP contribution in [0.4, 0.5) is 0 Å². The van der Waals surface area contributed by atoms with Crippen molar-refractivity contribution < 1.29 is 8.42 Å². The first-order valence-corrected chi connectivity index (χ1v) is 8.19. The van der Waals surface area contributed by atoms with Gasteiger partial charge in [0.15, 0.2) is 0 Å². The van der Waals surface area contributed by atoms with Gasteiger partial charge in [-0.1, -0.05) is 13.8 Å². The van der Waals surface area contributed by atoms with E-state index >= 15 is 0 Å². The summed E-state index contributed by atoms with van der Waals surface area (Å²) in [4.78, 5) is 0.297. The molecule has 5 nitrogen and oxygen atoms in total. The number of nitrogens with two attached hydrogens (primary N) is 1. The van der Waals surface area contributed by atoms with Gasteiger partial charge in [0.25, 0.3) is 0 Å². The van der Waals surface area contributed by atoms with Crippen molar-refractivity contribution >= 4 is 10.0 Å². The molecule has 19 heavy (non-hydrogen) atoms. The van der Waals surface area contributed by atoms with Gasteiger partial charge in [0.05, 0.1) is 4.90 Å². The number of rotatable bonds is 7. The van der Waals surface area contributed by atoms with E-state index < -0.39 is 10.0 Å². The summed E-state index contributed by atoms with van der Waals surface area (Å²) in [5.74, 6) is 0.456. The number of hydrogen-bond acceptors (Lipinski definition) is 3. The van der Waals surface area contributed by atoms with Crippen LogP contribution in [0.2, 0.25) is 0 Å². The predicted octanol–water partition coefficient (Wildman–Crippen LogP) is 1.68. The molecule has 1 aromatic heterocycles. The van der Waals surface area contributed by atoms with Crippen LogP contribution in [0, 0.1) is 5.92 Å². The maximum Gasteiger partial charge on any atom is 0.242 e. The number of aromatic nitrogens is 1. The fraction of sp³-hybridized carbons (Fsp3) is 0.692. The third-order valence-electron chi connectivity index (χ3n) is 3.00. The van der Waals surface area contributed by atoms with E-state index in [-0.39, 0.29) is 6.04 Å². The number of aryl methyl sites for hydroxylation is 1. The van der Waals surface area contributed by atoms with Crippen molar-refractivity contribution in [1.29, 1.82) is 0 Å². The second-order valence-electron chi connectivity index (χ2n) is 5.31. The molecule has 0 amide bonds. The van der Waals surface area contributed by atoms with Crippen LogP contribution in [0.1, 0.15) is 39.8 Å². The summed E-state index contributed by atoms with van der Waals surface area (Å²) >= 11 is 0. The molecule has 1 unspecified atom stereocenters. The van der Waals surface area contributed by atoms with Gasteiger partial charge in [0.2, 0.25) is 10.0 Å². The van der Waals surface area contributed by atoms with Gasteiger partial charge < -0.3 is 10.3 Å². The minimum atomic E-state index is -3.45. The van der Waals surface area contributed by atoms with Gasteiger partial charge in [0, 0.05) is 31.0 Å². The van der Waals surface area contributed by atoms with Crippen molar-refractivity contribution in [2.24, 2.45) is 11.7 Å². The van der Waals surface area contributed by atoms with Gasteiger partial charge in [-0.3, -0.25) is 0 Å². The molecule has 0 aliphatic carbocycles. The van der Waals surface area contributed by atoms with Gasteiger partial charge in [-0.05, 0) is 32.3 Å². The van der Waals surface area contributed by atoms with E-state index in [0.29, 0.717) is 23.9 Å². The molecule has 1 atom stereocenters. The molecule has 0 aliphatic heterocycles. The molecule has 0 aliphatic rings. The molecule has 6 heteroatoms. The molecule has 1 heterocycles. The average molecular weight is 287 g/mol. The molecule has 0 saturated carbocycles. The Hall–Kier alpha value is -0.850. The molecule has 1 aromatic rings. The summed E-state index contributed by atoms with van der Waals surface area (Å²) in [6.45, 7) is 9.05.